The van der Waals surface area contributed by atoms with E-state index in [1.165, 1.54) is 6.42 Å². The molecule has 0 atom stereocenters. The van der Waals surface area contributed by atoms with Gasteiger partial charge in [0.05, 0.1) is 0 Å². The van der Waals surface area contributed by atoms with Crippen LogP contribution in [0.5, 0.6) is 0 Å². The summed E-state index contributed by atoms with van der Waals surface area (Å²) in [6.07, 6.45) is 3.54. The highest BCUT2D eigenvalue weighted by molar-refractivity contribution is 7.65. The molecule has 0 aromatic heterocycles. The molecule has 0 saturated heterocycles. The molecule has 1 saturated carbocycles. The average Bonchev–Trinajstić information content (AvgIpc) is 1.16. The molecule has 48 valence electrons. The minimum atomic E-state index is -2.26. The lowest BCUT2D eigenvalue weighted by Gasteiger charge is -2.29. The van der Waals surface area contributed by atoms with Crippen LogP contribution >= 0.6 is 33.2 Å². The lowest BCUT2D eigenvalue weighted by Crippen LogP contribution is -2.25. The highest BCUT2D eigenvalue weighted by Gasteiger charge is 2.40. The van der Waals surface area contributed by atoms with E-state index in [1.807, 2.05) is 0 Å². The molecule has 8 heavy (non-hydrogen) atoms. The first-order valence-electron chi connectivity index (χ1n) is 2.67. The summed E-state index contributed by atoms with van der Waals surface area (Å²) in [5, 5.41) is 0. The molecule has 1 aliphatic carbocycles. The van der Waals surface area contributed by atoms with E-state index in [1.54, 1.807) is 0 Å². The first kappa shape index (κ1) is 7.20. The standard InChI is InChI=1S/C4H7Cl3Si/c5-8(6,7)4-2-1-3-4/h4H,1-3H2. The third-order valence-electron chi connectivity index (χ3n) is 1.57. The second-order valence-corrected chi connectivity index (χ2v) is 11.2. The van der Waals surface area contributed by atoms with Crippen LogP contribution in [-0.4, -0.2) is 6.00 Å². The van der Waals surface area contributed by atoms with Crippen LogP contribution in [0.1, 0.15) is 19.3 Å². The van der Waals surface area contributed by atoms with Crippen LogP contribution in [0.15, 0.2) is 0 Å². The van der Waals surface area contributed by atoms with Gasteiger partial charge in [-0.15, -0.1) is 33.2 Å². The Morgan fingerprint density at radius 2 is 1.62 bits per heavy atom. The van der Waals surface area contributed by atoms with E-state index in [9.17, 15) is 0 Å². The van der Waals surface area contributed by atoms with E-state index in [0.717, 1.165) is 12.8 Å². The predicted molar refractivity (Wildman–Crippen MR) is 40.9 cm³/mol. The molecule has 1 rings (SSSR count). The zero-order chi connectivity index (χ0) is 6.20. The average molecular weight is 190 g/mol. The SMILES string of the molecule is Cl[Si](Cl)(Cl)C1CCC1. The fraction of sp³-hybridized carbons (Fsp3) is 1.00. The molecule has 0 nitrogen and oxygen atoms in total. The highest BCUT2D eigenvalue weighted by atomic mass is 35.8. The van der Waals surface area contributed by atoms with Gasteiger partial charge in [0.1, 0.15) is 0 Å². The van der Waals surface area contributed by atoms with E-state index in [4.69, 9.17) is 33.2 Å². The molecule has 0 unspecified atom stereocenters. The molecule has 0 heterocycles. The van der Waals surface area contributed by atoms with E-state index >= 15 is 0 Å². The Hall–Kier alpha value is 1.09. The summed E-state index contributed by atoms with van der Waals surface area (Å²) in [4.78, 5) is 0. The minimum absolute atomic E-state index is 0.465. The number of hydrogen-bond donors (Lipinski definition) is 0. The molecular weight excluding hydrogens is 182 g/mol. The van der Waals surface area contributed by atoms with Crippen molar-refractivity contribution in [3.8, 4) is 0 Å². The lowest BCUT2D eigenvalue weighted by molar-refractivity contribution is 0.498. The molecule has 1 aliphatic rings. The van der Waals surface area contributed by atoms with Gasteiger partial charge in [0.2, 0.25) is 0 Å². The molecule has 0 bridgehead atoms. The molecule has 0 spiro atoms. The monoisotopic (exact) mass is 188 g/mol. The second kappa shape index (κ2) is 2.37. The van der Waals surface area contributed by atoms with E-state index < -0.39 is 6.00 Å². The normalized spacial score (nSPS) is 22.9. The summed E-state index contributed by atoms with van der Waals surface area (Å²) in [5.74, 6) is 0. The zero-order valence-corrected chi connectivity index (χ0v) is 7.60. The molecular formula is C4H7Cl3Si. The van der Waals surface area contributed by atoms with Crippen molar-refractivity contribution in [3.63, 3.8) is 0 Å². The Balaban J connectivity index is 2.34. The Bertz CT molecular complexity index is 83.8. The van der Waals surface area contributed by atoms with Gasteiger partial charge in [-0.2, -0.15) is 0 Å². The number of halogens is 3. The third kappa shape index (κ3) is 1.53. The van der Waals surface area contributed by atoms with Crippen LogP contribution in [0.4, 0.5) is 0 Å². The summed E-state index contributed by atoms with van der Waals surface area (Å²) in [5.41, 5.74) is 0.465. The van der Waals surface area contributed by atoms with Gasteiger partial charge in [-0.05, 0) is 18.4 Å². The molecule has 0 radical (unpaired) electrons. The summed E-state index contributed by atoms with van der Waals surface area (Å²) < 4.78 is 0. The summed E-state index contributed by atoms with van der Waals surface area (Å²) >= 11 is 17.1. The Morgan fingerprint density at radius 1 is 1.12 bits per heavy atom. The predicted octanol–water partition coefficient (Wildman–Crippen LogP) is 3.20. The summed E-state index contributed by atoms with van der Waals surface area (Å²) in [7, 11) is 0. The molecule has 0 amide bonds. The van der Waals surface area contributed by atoms with Crippen molar-refractivity contribution < 1.29 is 0 Å². The van der Waals surface area contributed by atoms with Gasteiger partial charge in [0.15, 0.2) is 0 Å². The van der Waals surface area contributed by atoms with Crippen LogP contribution in [0.25, 0.3) is 0 Å². The quantitative estimate of drug-likeness (QED) is 0.439. The van der Waals surface area contributed by atoms with Crippen LogP contribution in [0.3, 0.4) is 0 Å². The van der Waals surface area contributed by atoms with Crippen LogP contribution in [0, 0.1) is 0 Å². The fourth-order valence-corrected chi connectivity index (χ4v) is 3.76. The van der Waals surface area contributed by atoms with Crippen molar-refractivity contribution in [2.45, 2.75) is 24.8 Å². The first-order chi connectivity index (χ1) is 3.61. The van der Waals surface area contributed by atoms with E-state index in [-0.39, 0.29) is 0 Å². The maximum atomic E-state index is 5.70. The van der Waals surface area contributed by atoms with Crippen molar-refractivity contribution >= 4 is 39.2 Å². The van der Waals surface area contributed by atoms with Gasteiger partial charge < -0.3 is 0 Å². The fourth-order valence-electron chi connectivity index (χ4n) is 0.736. The maximum absolute atomic E-state index is 5.70. The van der Waals surface area contributed by atoms with Crippen molar-refractivity contribution in [2.75, 3.05) is 0 Å². The van der Waals surface area contributed by atoms with Gasteiger partial charge in [-0.25, -0.2) is 0 Å². The van der Waals surface area contributed by atoms with Crippen LogP contribution < -0.4 is 0 Å². The molecule has 0 aromatic carbocycles. The Morgan fingerprint density at radius 3 is 1.62 bits per heavy atom. The van der Waals surface area contributed by atoms with E-state index in [2.05, 4.69) is 0 Å². The van der Waals surface area contributed by atoms with Gasteiger partial charge in [-0.3, -0.25) is 0 Å². The van der Waals surface area contributed by atoms with Crippen LogP contribution in [0.2, 0.25) is 5.54 Å². The molecule has 0 N–H and O–H groups in total. The van der Waals surface area contributed by atoms with Gasteiger partial charge in [-0.1, -0.05) is 6.42 Å². The van der Waals surface area contributed by atoms with Crippen molar-refractivity contribution in [1.29, 1.82) is 0 Å². The highest BCUT2D eigenvalue weighted by Crippen LogP contribution is 2.47. The second-order valence-electron chi connectivity index (χ2n) is 2.17. The van der Waals surface area contributed by atoms with Crippen LogP contribution in [-0.2, 0) is 0 Å². The summed E-state index contributed by atoms with van der Waals surface area (Å²) in [6.45, 7) is 0. The first-order valence-corrected chi connectivity index (χ1v) is 7.79. The zero-order valence-electron chi connectivity index (χ0n) is 4.33. The minimum Gasteiger partial charge on any atom is -0.126 e. The number of rotatable bonds is 1. The third-order valence-corrected chi connectivity index (χ3v) is 5.85. The maximum Gasteiger partial charge on any atom is 0.344 e. The van der Waals surface area contributed by atoms with Gasteiger partial charge in [0.25, 0.3) is 0 Å². The van der Waals surface area contributed by atoms with Gasteiger partial charge >= 0.3 is 6.00 Å². The van der Waals surface area contributed by atoms with Crippen molar-refractivity contribution in [3.05, 3.63) is 0 Å². The largest absolute Gasteiger partial charge is 0.344 e. The molecule has 4 heteroatoms. The van der Waals surface area contributed by atoms with Crippen molar-refractivity contribution in [1.82, 2.24) is 0 Å². The molecule has 1 fully saturated rings. The smallest absolute Gasteiger partial charge is 0.126 e. The topological polar surface area (TPSA) is 0 Å². The Labute approximate surface area is 64.2 Å². The Kier molecular flexibility index (Phi) is 2.13. The van der Waals surface area contributed by atoms with Gasteiger partial charge in [0, 0.05) is 0 Å². The molecule has 0 aliphatic heterocycles. The van der Waals surface area contributed by atoms with E-state index in [0.29, 0.717) is 5.54 Å². The summed E-state index contributed by atoms with van der Waals surface area (Å²) in [6, 6.07) is -2.26. The lowest BCUT2D eigenvalue weighted by atomic mass is 10.00. The number of hydrogen-bond acceptors (Lipinski definition) is 0. The van der Waals surface area contributed by atoms with Crippen molar-refractivity contribution in [2.24, 2.45) is 0 Å². The molecule has 0 aromatic rings.